The zero-order chi connectivity index (χ0) is 17.4. The molecule has 0 radical (unpaired) electrons. The molecule has 1 aromatic heterocycles. The highest BCUT2D eigenvalue weighted by atomic mass is 19.3. The van der Waals surface area contributed by atoms with E-state index in [4.69, 9.17) is 0 Å². The number of carbonyl (C=O) groups is 1. The minimum absolute atomic E-state index is 0.111. The first-order chi connectivity index (χ1) is 12.1. The quantitative estimate of drug-likeness (QED) is 0.854. The van der Waals surface area contributed by atoms with Crippen LogP contribution in [0, 0.1) is 11.3 Å². The number of likely N-dealkylation sites (tertiary alicyclic amines) is 1. The van der Waals surface area contributed by atoms with E-state index in [0.717, 1.165) is 25.8 Å². The number of benzene rings is 1. The van der Waals surface area contributed by atoms with E-state index in [2.05, 4.69) is 10.2 Å². The number of carbonyl (C=O) groups excluding carboxylic acids is 1. The van der Waals surface area contributed by atoms with Crippen molar-refractivity contribution >= 4 is 5.91 Å². The highest BCUT2D eigenvalue weighted by Crippen LogP contribution is 2.52. The smallest absolute Gasteiger partial charge is 0.264 e. The number of hydrogen-bond donors (Lipinski definition) is 0. The Bertz CT molecular complexity index is 758. The highest BCUT2D eigenvalue weighted by molar-refractivity contribution is 5.96. The molecule has 5 nitrogen and oxygen atoms in total. The van der Waals surface area contributed by atoms with Crippen LogP contribution in [0.15, 0.2) is 36.9 Å². The number of halogens is 2. The van der Waals surface area contributed by atoms with Crippen molar-refractivity contribution in [2.75, 3.05) is 13.1 Å². The third-order valence-corrected chi connectivity index (χ3v) is 5.77. The van der Waals surface area contributed by atoms with E-state index in [1.807, 2.05) is 4.57 Å². The Labute approximate surface area is 144 Å². The molecule has 0 bridgehead atoms. The van der Waals surface area contributed by atoms with Crippen LogP contribution in [0.3, 0.4) is 0 Å². The van der Waals surface area contributed by atoms with Crippen molar-refractivity contribution in [3.8, 4) is 0 Å². The first-order valence-electron chi connectivity index (χ1n) is 8.58. The van der Waals surface area contributed by atoms with Crippen LogP contribution < -0.4 is 0 Å². The lowest BCUT2D eigenvalue weighted by Crippen LogP contribution is -2.39. The van der Waals surface area contributed by atoms with Gasteiger partial charge in [-0.15, -0.1) is 10.2 Å². The number of amides is 1. The molecule has 4 rings (SSSR count). The van der Waals surface area contributed by atoms with E-state index >= 15 is 0 Å². The maximum Gasteiger partial charge on any atom is 0.264 e. The summed E-state index contributed by atoms with van der Waals surface area (Å²) in [5.41, 5.74) is 0.0500. The number of aromatic nitrogens is 3. The van der Waals surface area contributed by atoms with Crippen LogP contribution in [0.5, 0.6) is 0 Å². The molecule has 1 saturated carbocycles. The molecule has 1 aromatic carbocycles. The molecular formula is C18H20F2N4O. The summed E-state index contributed by atoms with van der Waals surface area (Å²) in [6.45, 7) is 2.00. The first kappa shape index (κ1) is 16.2. The molecule has 1 saturated heterocycles. The van der Waals surface area contributed by atoms with Crippen LogP contribution in [0.2, 0.25) is 0 Å². The maximum atomic E-state index is 13.2. The van der Waals surface area contributed by atoms with Gasteiger partial charge < -0.3 is 9.47 Å². The van der Waals surface area contributed by atoms with Crippen LogP contribution in [0.1, 0.15) is 41.6 Å². The highest BCUT2D eigenvalue weighted by Gasteiger charge is 2.51. The fourth-order valence-electron chi connectivity index (χ4n) is 4.26. The second kappa shape index (κ2) is 6.20. The van der Waals surface area contributed by atoms with E-state index < -0.39 is 6.43 Å². The maximum absolute atomic E-state index is 13.2. The van der Waals surface area contributed by atoms with Crippen molar-refractivity contribution in [2.24, 2.45) is 11.3 Å². The number of rotatable bonds is 4. The summed E-state index contributed by atoms with van der Waals surface area (Å²) in [5, 5.41) is 7.68. The zero-order valence-corrected chi connectivity index (χ0v) is 13.8. The Hall–Kier alpha value is -2.31. The summed E-state index contributed by atoms with van der Waals surface area (Å²) in [6, 6.07) is 6.03. The molecule has 132 valence electrons. The van der Waals surface area contributed by atoms with Crippen LogP contribution in [-0.2, 0) is 6.54 Å². The van der Waals surface area contributed by atoms with Crippen molar-refractivity contribution in [3.63, 3.8) is 0 Å². The largest absolute Gasteiger partial charge is 0.338 e. The monoisotopic (exact) mass is 346 g/mol. The molecule has 2 heterocycles. The first-order valence-corrected chi connectivity index (χ1v) is 8.58. The molecule has 1 unspecified atom stereocenters. The molecule has 2 aromatic rings. The third-order valence-electron chi connectivity index (χ3n) is 5.77. The number of hydrogen-bond acceptors (Lipinski definition) is 3. The minimum Gasteiger partial charge on any atom is -0.338 e. The summed E-state index contributed by atoms with van der Waals surface area (Å²) in [7, 11) is 0. The van der Waals surface area contributed by atoms with Gasteiger partial charge in [-0.2, -0.15) is 0 Å². The van der Waals surface area contributed by atoms with Gasteiger partial charge in [0.05, 0.1) is 0 Å². The summed E-state index contributed by atoms with van der Waals surface area (Å²) < 4.78 is 28.4. The van der Waals surface area contributed by atoms with E-state index in [9.17, 15) is 13.6 Å². The molecule has 1 aliphatic heterocycles. The molecule has 7 heteroatoms. The summed E-state index contributed by atoms with van der Waals surface area (Å²) in [4.78, 5) is 14.7. The van der Waals surface area contributed by atoms with Gasteiger partial charge in [0.2, 0.25) is 0 Å². The molecular weight excluding hydrogens is 326 g/mol. The van der Waals surface area contributed by atoms with Gasteiger partial charge in [-0.05, 0) is 24.3 Å². The molecule has 1 aliphatic carbocycles. The Morgan fingerprint density at radius 2 is 1.96 bits per heavy atom. The lowest BCUT2D eigenvalue weighted by Gasteiger charge is -2.42. The van der Waals surface area contributed by atoms with E-state index in [0.29, 0.717) is 19.0 Å². The summed E-state index contributed by atoms with van der Waals surface area (Å²) >= 11 is 0. The predicted octanol–water partition coefficient (Wildman–Crippen LogP) is 3.16. The standard InChI is InChI=1S/C18H20F2N4O/c19-16(20)14-4-1-2-5-15(14)17(25)24-9-13(8-23-11-21-22-12-23)18(10-24)6-3-7-18/h1-2,4-5,11-13,16H,3,6-10H2. The lowest BCUT2D eigenvalue weighted by molar-refractivity contribution is 0.0668. The predicted molar refractivity (Wildman–Crippen MR) is 87.1 cm³/mol. The Morgan fingerprint density at radius 3 is 2.60 bits per heavy atom. The molecule has 2 fully saturated rings. The fraction of sp³-hybridized carbons (Fsp3) is 0.500. The Kier molecular flexibility index (Phi) is 4.01. The van der Waals surface area contributed by atoms with Gasteiger partial charge in [-0.3, -0.25) is 4.79 Å². The molecule has 1 atom stereocenters. The zero-order valence-electron chi connectivity index (χ0n) is 13.8. The van der Waals surface area contributed by atoms with Gasteiger partial charge in [0.25, 0.3) is 12.3 Å². The Morgan fingerprint density at radius 1 is 1.24 bits per heavy atom. The van der Waals surface area contributed by atoms with Crippen molar-refractivity contribution in [3.05, 3.63) is 48.0 Å². The molecule has 2 aliphatic rings. The molecule has 0 N–H and O–H groups in total. The Balaban J connectivity index is 1.56. The van der Waals surface area contributed by atoms with Crippen molar-refractivity contribution < 1.29 is 13.6 Å². The average Bonchev–Trinajstić information content (AvgIpc) is 3.22. The summed E-state index contributed by atoms with van der Waals surface area (Å²) in [5.74, 6) is 0.0216. The van der Waals surface area contributed by atoms with Gasteiger partial charge in [0, 0.05) is 36.7 Å². The second-order valence-corrected chi connectivity index (χ2v) is 7.15. The van der Waals surface area contributed by atoms with Gasteiger partial charge in [0.15, 0.2) is 0 Å². The van der Waals surface area contributed by atoms with Gasteiger partial charge in [-0.1, -0.05) is 24.6 Å². The van der Waals surface area contributed by atoms with Crippen molar-refractivity contribution in [1.82, 2.24) is 19.7 Å². The van der Waals surface area contributed by atoms with Crippen LogP contribution in [-0.4, -0.2) is 38.7 Å². The SMILES string of the molecule is O=C(c1ccccc1C(F)F)N1CC(Cn2cnnc2)C2(CCC2)C1. The van der Waals surface area contributed by atoms with E-state index in [1.54, 1.807) is 29.7 Å². The fourth-order valence-corrected chi connectivity index (χ4v) is 4.26. The molecule has 1 spiro atoms. The lowest BCUT2D eigenvalue weighted by atomic mass is 9.63. The summed E-state index contributed by atoms with van der Waals surface area (Å²) in [6.07, 6.45) is 4.05. The van der Waals surface area contributed by atoms with Crippen LogP contribution in [0.25, 0.3) is 0 Å². The van der Waals surface area contributed by atoms with E-state index in [-0.39, 0.29) is 22.4 Å². The molecule has 25 heavy (non-hydrogen) atoms. The van der Waals surface area contributed by atoms with Crippen LogP contribution in [0.4, 0.5) is 8.78 Å². The second-order valence-electron chi connectivity index (χ2n) is 7.15. The molecule has 1 amide bonds. The number of alkyl halides is 2. The van der Waals surface area contributed by atoms with Crippen LogP contribution >= 0.6 is 0 Å². The van der Waals surface area contributed by atoms with Crippen molar-refractivity contribution in [2.45, 2.75) is 32.2 Å². The van der Waals surface area contributed by atoms with Crippen molar-refractivity contribution in [1.29, 1.82) is 0 Å². The third kappa shape index (κ3) is 2.81. The van der Waals surface area contributed by atoms with Gasteiger partial charge >= 0.3 is 0 Å². The average molecular weight is 346 g/mol. The van der Waals surface area contributed by atoms with Gasteiger partial charge in [0.1, 0.15) is 12.7 Å². The van der Waals surface area contributed by atoms with E-state index in [1.165, 1.54) is 12.1 Å². The van der Waals surface area contributed by atoms with Gasteiger partial charge in [-0.25, -0.2) is 8.78 Å². The normalized spacial score (nSPS) is 21.7. The number of nitrogens with zero attached hydrogens (tertiary/aromatic N) is 4. The topological polar surface area (TPSA) is 51.0 Å². The minimum atomic E-state index is -2.65.